The largest absolute Gasteiger partial charge is 0.480 e. The maximum absolute atomic E-state index is 11.3. The van der Waals surface area contributed by atoms with Gasteiger partial charge in [0, 0.05) is 45.5 Å². The molecule has 2 N–H and O–H groups in total. The molecule has 114 valence electrons. The molecule has 0 amide bonds. The average molecular weight is 289 g/mol. The van der Waals surface area contributed by atoms with Crippen LogP contribution in [0, 0.1) is 0 Å². The van der Waals surface area contributed by atoms with Gasteiger partial charge in [-0.05, 0) is 30.0 Å². The van der Waals surface area contributed by atoms with E-state index in [-0.39, 0.29) is 0 Å². The molecule has 2 aliphatic rings. The maximum Gasteiger partial charge on any atom is 0.322 e. The molecule has 21 heavy (non-hydrogen) atoms. The summed E-state index contributed by atoms with van der Waals surface area (Å²) in [6.45, 7) is 4.01. The number of nitrogens with zero attached hydrogens (tertiary/aromatic N) is 2. The average Bonchev–Trinajstić information content (AvgIpc) is 2.48. The number of piperazine rings is 1. The van der Waals surface area contributed by atoms with Crippen LogP contribution in [-0.2, 0) is 17.8 Å². The zero-order valence-corrected chi connectivity index (χ0v) is 12.5. The second-order valence-corrected chi connectivity index (χ2v) is 6.02. The summed E-state index contributed by atoms with van der Waals surface area (Å²) in [4.78, 5) is 15.7. The fraction of sp³-hybridized carbons (Fsp3) is 0.562. The van der Waals surface area contributed by atoms with Crippen LogP contribution in [-0.4, -0.2) is 55.2 Å². The third-order valence-electron chi connectivity index (χ3n) is 4.52. The van der Waals surface area contributed by atoms with Gasteiger partial charge in [0.1, 0.15) is 6.04 Å². The highest BCUT2D eigenvalue weighted by molar-refractivity contribution is 5.74. The van der Waals surface area contributed by atoms with E-state index in [0.717, 1.165) is 32.6 Å². The Balaban J connectivity index is 1.76. The summed E-state index contributed by atoms with van der Waals surface area (Å²) in [7, 11) is 2.13. The standard InChI is InChI=1S/C16H23N3O2/c1-18-7-2-3-13-9-12(4-5-14(13)18)11-19-8-6-17-10-15(19)16(20)21/h4-5,9,15,17H,2-3,6-8,10-11H2,1H3,(H,20,21). The summed E-state index contributed by atoms with van der Waals surface area (Å²) in [5, 5.41) is 12.5. The summed E-state index contributed by atoms with van der Waals surface area (Å²) >= 11 is 0. The van der Waals surface area contributed by atoms with Crippen LogP contribution in [0.3, 0.4) is 0 Å². The molecule has 0 aliphatic carbocycles. The SMILES string of the molecule is CN1CCCc2cc(CN3CCNCC3C(=O)O)ccc21. The Labute approximate surface area is 125 Å². The number of carboxylic acids is 1. The Morgan fingerprint density at radius 2 is 2.29 bits per heavy atom. The summed E-state index contributed by atoms with van der Waals surface area (Å²) in [6.07, 6.45) is 2.32. The van der Waals surface area contributed by atoms with E-state index in [1.165, 1.54) is 23.2 Å². The molecule has 0 radical (unpaired) electrons. The first-order valence-corrected chi connectivity index (χ1v) is 7.65. The van der Waals surface area contributed by atoms with Crippen molar-refractivity contribution in [3.8, 4) is 0 Å². The number of rotatable bonds is 3. The van der Waals surface area contributed by atoms with Crippen molar-refractivity contribution in [1.29, 1.82) is 0 Å². The van der Waals surface area contributed by atoms with Gasteiger partial charge in [0.25, 0.3) is 0 Å². The molecule has 1 atom stereocenters. The highest BCUT2D eigenvalue weighted by Gasteiger charge is 2.28. The third kappa shape index (κ3) is 3.04. The van der Waals surface area contributed by atoms with Gasteiger partial charge in [-0.2, -0.15) is 0 Å². The van der Waals surface area contributed by atoms with Crippen molar-refractivity contribution in [2.75, 3.05) is 38.1 Å². The van der Waals surface area contributed by atoms with E-state index in [1.807, 2.05) is 0 Å². The smallest absolute Gasteiger partial charge is 0.322 e. The first-order chi connectivity index (χ1) is 10.1. The minimum absolute atomic E-state index is 0.419. The van der Waals surface area contributed by atoms with Gasteiger partial charge in [-0.25, -0.2) is 0 Å². The molecular formula is C16H23N3O2. The second kappa shape index (κ2) is 6.03. The van der Waals surface area contributed by atoms with Gasteiger partial charge in [-0.3, -0.25) is 9.69 Å². The lowest BCUT2D eigenvalue weighted by Gasteiger charge is -2.34. The minimum Gasteiger partial charge on any atom is -0.480 e. The Bertz CT molecular complexity index is 532. The Hall–Kier alpha value is -1.59. The van der Waals surface area contributed by atoms with Crippen LogP contribution in [0.1, 0.15) is 17.5 Å². The van der Waals surface area contributed by atoms with Gasteiger partial charge in [0.15, 0.2) is 0 Å². The van der Waals surface area contributed by atoms with Crippen molar-refractivity contribution >= 4 is 11.7 Å². The van der Waals surface area contributed by atoms with Crippen LogP contribution in [0.4, 0.5) is 5.69 Å². The summed E-state index contributed by atoms with van der Waals surface area (Å²) < 4.78 is 0. The molecule has 2 heterocycles. The van der Waals surface area contributed by atoms with Crippen molar-refractivity contribution in [2.45, 2.75) is 25.4 Å². The van der Waals surface area contributed by atoms with Crippen molar-refractivity contribution in [3.05, 3.63) is 29.3 Å². The van der Waals surface area contributed by atoms with E-state index in [4.69, 9.17) is 0 Å². The lowest BCUT2D eigenvalue weighted by molar-refractivity contribution is -0.144. The highest BCUT2D eigenvalue weighted by atomic mass is 16.4. The molecule has 5 heteroatoms. The molecule has 1 aromatic carbocycles. The molecule has 0 saturated carbocycles. The van der Waals surface area contributed by atoms with Crippen molar-refractivity contribution in [3.63, 3.8) is 0 Å². The van der Waals surface area contributed by atoms with Crippen molar-refractivity contribution in [1.82, 2.24) is 10.2 Å². The molecular weight excluding hydrogens is 266 g/mol. The number of benzene rings is 1. The molecule has 2 aliphatic heterocycles. The monoisotopic (exact) mass is 289 g/mol. The van der Waals surface area contributed by atoms with Gasteiger partial charge < -0.3 is 15.3 Å². The summed E-state index contributed by atoms with van der Waals surface area (Å²) in [5.41, 5.74) is 3.93. The zero-order chi connectivity index (χ0) is 14.8. The molecule has 1 aromatic rings. The number of anilines is 1. The molecule has 1 unspecified atom stereocenters. The van der Waals surface area contributed by atoms with Gasteiger partial charge in [0.05, 0.1) is 0 Å². The topological polar surface area (TPSA) is 55.8 Å². The molecule has 0 aromatic heterocycles. The van der Waals surface area contributed by atoms with E-state index in [2.05, 4.69) is 40.4 Å². The summed E-state index contributed by atoms with van der Waals surface area (Å²) in [6, 6.07) is 6.16. The first kappa shape index (κ1) is 14.4. The number of aryl methyl sites for hydroxylation is 1. The van der Waals surface area contributed by atoms with Crippen LogP contribution in [0.15, 0.2) is 18.2 Å². The van der Waals surface area contributed by atoms with Crippen molar-refractivity contribution in [2.24, 2.45) is 0 Å². The lowest BCUT2D eigenvalue weighted by atomic mass is 9.99. The molecule has 0 bridgehead atoms. The molecule has 1 fully saturated rings. The number of nitrogens with one attached hydrogen (secondary N) is 1. The molecule has 0 spiro atoms. The van der Waals surface area contributed by atoms with Crippen LogP contribution in [0.5, 0.6) is 0 Å². The van der Waals surface area contributed by atoms with E-state index >= 15 is 0 Å². The fourth-order valence-electron chi connectivity index (χ4n) is 3.35. The van der Waals surface area contributed by atoms with Gasteiger partial charge in [-0.15, -0.1) is 0 Å². The van der Waals surface area contributed by atoms with Gasteiger partial charge >= 0.3 is 5.97 Å². The van der Waals surface area contributed by atoms with Crippen LogP contribution < -0.4 is 10.2 Å². The van der Waals surface area contributed by atoms with Crippen LogP contribution in [0.25, 0.3) is 0 Å². The molecule has 3 rings (SSSR count). The fourth-order valence-corrected chi connectivity index (χ4v) is 3.35. The van der Waals surface area contributed by atoms with E-state index in [9.17, 15) is 9.90 Å². The second-order valence-electron chi connectivity index (χ2n) is 6.02. The number of hydrogen-bond acceptors (Lipinski definition) is 4. The number of carboxylic acid groups (broad SMARTS) is 1. The lowest BCUT2D eigenvalue weighted by Crippen LogP contribution is -2.54. The Morgan fingerprint density at radius 1 is 1.43 bits per heavy atom. The van der Waals surface area contributed by atoms with Crippen LogP contribution >= 0.6 is 0 Å². The zero-order valence-electron chi connectivity index (χ0n) is 12.5. The number of carbonyl (C=O) groups is 1. The normalized spacial score (nSPS) is 22.9. The third-order valence-corrected chi connectivity index (χ3v) is 4.52. The maximum atomic E-state index is 11.3. The summed E-state index contributed by atoms with van der Waals surface area (Å²) in [5.74, 6) is -0.736. The Kier molecular flexibility index (Phi) is 4.12. The highest BCUT2D eigenvalue weighted by Crippen LogP contribution is 2.27. The van der Waals surface area contributed by atoms with Crippen LogP contribution in [0.2, 0.25) is 0 Å². The Morgan fingerprint density at radius 3 is 3.10 bits per heavy atom. The molecule has 5 nitrogen and oxygen atoms in total. The van der Waals surface area contributed by atoms with E-state index < -0.39 is 12.0 Å². The minimum atomic E-state index is -0.736. The van der Waals surface area contributed by atoms with Crippen molar-refractivity contribution < 1.29 is 9.90 Å². The number of hydrogen-bond donors (Lipinski definition) is 2. The van der Waals surface area contributed by atoms with Gasteiger partial charge in [-0.1, -0.05) is 12.1 Å². The number of fused-ring (bicyclic) bond motifs is 1. The van der Waals surface area contributed by atoms with E-state index in [0.29, 0.717) is 6.54 Å². The predicted molar refractivity (Wildman–Crippen MR) is 82.7 cm³/mol. The van der Waals surface area contributed by atoms with E-state index in [1.54, 1.807) is 0 Å². The first-order valence-electron chi connectivity index (χ1n) is 7.65. The van der Waals surface area contributed by atoms with Gasteiger partial charge in [0.2, 0.25) is 0 Å². The quantitative estimate of drug-likeness (QED) is 0.867. The predicted octanol–water partition coefficient (Wildman–Crippen LogP) is 0.927. The molecule has 1 saturated heterocycles. The number of aliphatic carboxylic acids is 1.